The largest absolute Gasteiger partial charge is 0.491 e. The summed E-state index contributed by atoms with van der Waals surface area (Å²) in [6.07, 6.45) is 4.36. The molecule has 0 aliphatic carbocycles. The maximum Gasteiger partial charge on any atom is 0.213 e. The van der Waals surface area contributed by atoms with Gasteiger partial charge in [-0.2, -0.15) is 0 Å². The van der Waals surface area contributed by atoms with Crippen LogP contribution in [0.2, 0.25) is 0 Å². The Bertz CT molecular complexity index is 540. The van der Waals surface area contributed by atoms with Crippen molar-refractivity contribution in [2.75, 3.05) is 13.2 Å². The topological polar surface area (TPSA) is 31.4 Å². The number of para-hydroxylation sites is 1. The molecule has 0 bridgehead atoms. The first-order chi connectivity index (χ1) is 9.85. The Hall–Kier alpha value is -1.77. The van der Waals surface area contributed by atoms with Crippen LogP contribution in [0.5, 0.6) is 11.6 Å². The van der Waals surface area contributed by atoms with Gasteiger partial charge in [0.1, 0.15) is 11.3 Å². The van der Waals surface area contributed by atoms with Gasteiger partial charge in [0.2, 0.25) is 5.88 Å². The van der Waals surface area contributed by atoms with Gasteiger partial charge in [0.15, 0.2) is 0 Å². The zero-order chi connectivity index (χ0) is 14.2. The van der Waals surface area contributed by atoms with Gasteiger partial charge in [-0.15, -0.1) is 0 Å². The first kappa shape index (κ1) is 14.6. The van der Waals surface area contributed by atoms with E-state index in [1.807, 2.05) is 30.3 Å². The molecule has 20 heavy (non-hydrogen) atoms. The average molecular weight is 273 g/mol. The second-order valence-electron chi connectivity index (χ2n) is 4.88. The van der Waals surface area contributed by atoms with Gasteiger partial charge in [0.25, 0.3) is 0 Å². The van der Waals surface area contributed by atoms with E-state index in [1.54, 1.807) is 0 Å². The van der Waals surface area contributed by atoms with Crippen LogP contribution in [0.4, 0.5) is 0 Å². The number of benzene rings is 1. The molecule has 0 unspecified atom stereocenters. The SMILES string of the molecule is CCCCOc1ccc2cccc(OCCCC)c2n1. The first-order valence-electron chi connectivity index (χ1n) is 7.50. The molecule has 0 atom stereocenters. The van der Waals surface area contributed by atoms with Crippen molar-refractivity contribution in [3.8, 4) is 11.6 Å². The number of aromatic nitrogens is 1. The Labute approximate surface area is 120 Å². The van der Waals surface area contributed by atoms with Gasteiger partial charge in [-0.05, 0) is 25.0 Å². The van der Waals surface area contributed by atoms with E-state index in [0.717, 1.165) is 48.9 Å². The van der Waals surface area contributed by atoms with Crippen molar-refractivity contribution in [1.29, 1.82) is 0 Å². The van der Waals surface area contributed by atoms with Crippen molar-refractivity contribution in [1.82, 2.24) is 4.98 Å². The summed E-state index contributed by atoms with van der Waals surface area (Å²) in [5, 5.41) is 1.09. The molecule has 0 saturated heterocycles. The molecule has 0 fully saturated rings. The molecule has 2 aromatic rings. The third-order valence-electron chi connectivity index (χ3n) is 3.16. The molecule has 3 heteroatoms. The lowest BCUT2D eigenvalue weighted by Crippen LogP contribution is -2.00. The van der Waals surface area contributed by atoms with Gasteiger partial charge < -0.3 is 9.47 Å². The van der Waals surface area contributed by atoms with Crippen LogP contribution in [0, 0.1) is 0 Å². The van der Waals surface area contributed by atoms with Crippen LogP contribution in [0.3, 0.4) is 0 Å². The molecular formula is C17H23NO2. The predicted molar refractivity (Wildman–Crippen MR) is 82.5 cm³/mol. The summed E-state index contributed by atoms with van der Waals surface area (Å²) in [7, 11) is 0. The van der Waals surface area contributed by atoms with E-state index in [9.17, 15) is 0 Å². The fourth-order valence-corrected chi connectivity index (χ4v) is 1.95. The summed E-state index contributed by atoms with van der Waals surface area (Å²) >= 11 is 0. The van der Waals surface area contributed by atoms with Gasteiger partial charge >= 0.3 is 0 Å². The minimum absolute atomic E-state index is 0.678. The fraction of sp³-hybridized carbons (Fsp3) is 0.471. The smallest absolute Gasteiger partial charge is 0.213 e. The molecule has 1 heterocycles. The van der Waals surface area contributed by atoms with Gasteiger partial charge in [-0.25, -0.2) is 4.98 Å². The molecule has 0 aliphatic heterocycles. The van der Waals surface area contributed by atoms with Crippen molar-refractivity contribution in [2.45, 2.75) is 39.5 Å². The van der Waals surface area contributed by atoms with Crippen LogP contribution >= 0.6 is 0 Å². The number of ether oxygens (including phenoxy) is 2. The van der Waals surface area contributed by atoms with E-state index in [4.69, 9.17) is 9.47 Å². The van der Waals surface area contributed by atoms with Crippen LogP contribution in [-0.4, -0.2) is 18.2 Å². The second-order valence-corrected chi connectivity index (χ2v) is 4.88. The van der Waals surface area contributed by atoms with Crippen LogP contribution in [0.15, 0.2) is 30.3 Å². The highest BCUT2D eigenvalue weighted by molar-refractivity contribution is 5.84. The Morgan fingerprint density at radius 3 is 2.40 bits per heavy atom. The van der Waals surface area contributed by atoms with E-state index in [1.165, 1.54) is 0 Å². The van der Waals surface area contributed by atoms with Gasteiger partial charge in [0, 0.05) is 11.5 Å². The lowest BCUT2D eigenvalue weighted by Gasteiger charge is -2.10. The van der Waals surface area contributed by atoms with E-state index >= 15 is 0 Å². The summed E-state index contributed by atoms with van der Waals surface area (Å²) in [5.41, 5.74) is 0.887. The number of fused-ring (bicyclic) bond motifs is 1. The number of nitrogens with zero attached hydrogens (tertiary/aromatic N) is 1. The predicted octanol–water partition coefficient (Wildman–Crippen LogP) is 4.59. The van der Waals surface area contributed by atoms with Gasteiger partial charge in [-0.1, -0.05) is 38.8 Å². The normalized spacial score (nSPS) is 10.7. The molecule has 0 spiro atoms. The molecule has 0 saturated carbocycles. The van der Waals surface area contributed by atoms with Crippen molar-refractivity contribution >= 4 is 10.9 Å². The van der Waals surface area contributed by atoms with E-state index in [-0.39, 0.29) is 0 Å². The standard InChI is InChI=1S/C17H23NO2/c1-3-5-12-19-15-9-7-8-14-10-11-16(18-17(14)15)20-13-6-4-2/h7-11H,3-6,12-13H2,1-2H3. The summed E-state index contributed by atoms with van der Waals surface area (Å²) in [5.74, 6) is 1.52. The Balaban J connectivity index is 2.17. The van der Waals surface area contributed by atoms with Crippen LogP contribution in [-0.2, 0) is 0 Å². The molecule has 108 valence electrons. The molecular weight excluding hydrogens is 250 g/mol. The summed E-state index contributed by atoms with van der Waals surface area (Å²) in [6.45, 7) is 5.76. The van der Waals surface area contributed by atoms with Crippen LogP contribution < -0.4 is 9.47 Å². The zero-order valence-electron chi connectivity index (χ0n) is 12.4. The zero-order valence-corrected chi connectivity index (χ0v) is 12.4. The molecule has 3 nitrogen and oxygen atoms in total. The monoisotopic (exact) mass is 273 g/mol. The quantitative estimate of drug-likeness (QED) is 0.659. The number of hydrogen-bond acceptors (Lipinski definition) is 3. The molecule has 0 radical (unpaired) electrons. The second kappa shape index (κ2) is 7.73. The number of hydrogen-bond donors (Lipinski definition) is 0. The van der Waals surface area contributed by atoms with Crippen molar-refractivity contribution < 1.29 is 9.47 Å². The highest BCUT2D eigenvalue weighted by Crippen LogP contribution is 2.26. The summed E-state index contributed by atoms with van der Waals surface area (Å²) in [6, 6.07) is 9.98. The number of unbranched alkanes of at least 4 members (excludes halogenated alkanes) is 2. The molecule has 1 aromatic heterocycles. The minimum atomic E-state index is 0.678. The number of rotatable bonds is 8. The molecule has 1 aromatic carbocycles. The van der Waals surface area contributed by atoms with E-state index < -0.39 is 0 Å². The molecule has 0 amide bonds. The highest BCUT2D eigenvalue weighted by atomic mass is 16.5. The van der Waals surface area contributed by atoms with Crippen molar-refractivity contribution in [3.05, 3.63) is 30.3 Å². The molecule has 2 rings (SSSR count). The molecule has 0 aliphatic rings. The van der Waals surface area contributed by atoms with E-state index in [2.05, 4.69) is 18.8 Å². The lowest BCUT2D eigenvalue weighted by molar-refractivity contribution is 0.296. The maximum absolute atomic E-state index is 5.82. The van der Waals surface area contributed by atoms with Crippen molar-refractivity contribution in [3.63, 3.8) is 0 Å². The third kappa shape index (κ3) is 3.86. The summed E-state index contributed by atoms with van der Waals surface area (Å²) < 4.78 is 11.5. The Morgan fingerprint density at radius 1 is 0.900 bits per heavy atom. The maximum atomic E-state index is 5.82. The average Bonchev–Trinajstić information content (AvgIpc) is 2.48. The Kier molecular flexibility index (Phi) is 5.66. The fourth-order valence-electron chi connectivity index (χ4n) is 1.95. The molecule has 0 N–H and O–H groups in total. The third-order valence-corrected chi connectivity index (χ3v) is 3.16. The van der Waals surface area contributed by atoms with Crippen molar-refractivity contribution in [2.24, 2.45) is 0 Å². The lowest BCUT2D eigenvalue weighted by atomic mass is 10.2. The number of pyridine rings is 1. The summed E-state index contributed by atoms with van der Waals surface area (Å²) in [4.78, 5) is 4.58. The van der Waals surface area contributed by atoms with Gasteiger partial charge in [0.05, 0.1) is 13.2 Å². The first-order valence-corrected chi connectivity index (χ1v) is 7.50. The highest BCUT2D eigenvalue weighted by Gasteiger charge is 2.05. The van der Waals surface area contributed by atoms with Crippen LogP contribution in [0.1, 0.15) is 39.5 Å². The van der Waals surface area contributed by atoms with Crippen LogP contribution in [0.25, 0.3) is 10.9 Å². The Morgan fingerprint density at radius 2 is 1.65 bits per heavy atom. The van der Waals surface area contributed by atoms with Gasteiger partial charge in [-0.3, -0.25) is 0 Å². The van der Waals surface area contributed by atoms with E-state index in [0.29, 0.717) is 12.5 Å². The minimum Gasteiger partial charge on any atom is -0.491 e.